The third-order valence-electron chi connectivity index (χ3n) is 6.25. The van der Waals surface area contributed by atoms with E-state index in [9.17, 15) is 14.4 Å². The molecule has 10 heteroatoms. The van der Waals surface area contributed by atoms with E-state index in [1.165, 1.54) is 0 Å². The SMILES string of the molecule is CNC(=O)CN1CCN(C(=O)C2CCN(C(=O)c3cc(-c4ccncc4)[nH]n3)CC2)CC1. The molecule has 0 bridgehead atoms. The zero-order chi connectivity index (χ0) is 22.5. The average Bonchev–Trinajstić information content (AvgIpc) is 3.34. The first-order valence-electron chi connectivity index (χ1n) is 11.0. The van der Waals surface area contributed by atoms with Gasteiger partial charge in [-0.25, -0.2) is 0 Å². The fourth-order valence-corrected chi connectivity index (χ4v) is 4.27. The first-order chi connectivity index (χ1) is 15.5. The highest BCUT2D eigenvalue weighted by molar-refractivity contribution is 5.93. The lowest BCUT2D eigenvalue weighted by molar-refractivity contribution is -0.138. The highest BCUT2D eigenvalue weighted by Gasteiger charge is 2.32. The minimum atomic E-state index is -0.115. The molecule has 0 aromatic carbocycles. The van der Waals surface area contributed by atoms with E-state index in [-0.39, 0.29) is 23.6 Å². The lowest BCUT2D eigenvalue weighted by Gasteiger charge is -2.38. The number of rotatable bonds is 5. The summed E-state index contributed by atoms with van der Waals surface area (Å²) >= 11 is 0. The number of piperidine rings is 1. The second-order valence-electron chi connectivity index (χ2n) is 8.24. The number of likely N-dealkylation sites (tertiary alicyclic amines) is 1. The van der Waals surface area contributed by atoms with Crippen molar-refractivity contribution >= 4 is 17.7 Å². The van der Waals surface area contributed by atoms with Gasteiger partial charge in [0, 0.05) is 70.2 Å². The summed E-state index contributed by atoms with van der Waals surface area (Å²) in [5.74, 6) is -0.0190. The van der Waals surface area contributed by atoms with Crippen molar-refractivity contribution in [3.05, 3.63) is 36.3 Å². The van der Waals surface area contributed by atoms with E-state index < -0.39 is 0 Å². The summed E-state index contributed by atoms with van der Waals surface area (Å²) in [7, 11) is 1.63. The maximum atomic E-state index is 12.9. The summed E-state index contributed by atoms with van der Waals surface area (Å²) in [6, 6.07) is 5.47. The first kappa shape index (κ1) is 21.9. The van der Waals surface area contributed by atoms with E-state index in [1.807, 2.05) is 17.0 Å². The Hall–Kier alpha value is -3.27. The third kappa shape index (κ3) is 4.96. The van der Waals surface area contributed by atoms with Crippen LogP contribution >= 0.6 is 0 Å². The molecular formula is C22H29N7O3. The van der Waals surface area contributed by atoms with Crippen molar-refractivity contribution in [1.29, 1.82) is 0 Å². The van der Waals surface area contributed by atoms with Gasteiger partial charge in [-0.1, -0.05) is 0 Å². The van der Waals surface area contributed by atoms with Crippen LogP contribution < -0.4 is 5.32 Å². The maximum absolute atomic E-state index is 12.9. The predicted octanol–water partition coefficient (Wildman–Crippen LogP) is 0.214. The van der Waals surface area contributed by atoms with Crippen LogP contribution in [0.4, 0.5) is 0 Å². The van der Waals surface area contributed by atoms with Gasteiger partial charge in [-0.15, -0.1) is 0 Å². The average molecular weight is 440 g/mol. The molecule has 2 fully saturated rings. The molecule has 2 aliphatic heterocycles. The largest absolute Gasteiger partial charge is 0.358 e. The van der Waals surface area contributed by atoms with Crippen molar-refractivity contribution < 1.29 is 14.4 Å². The number of carbonyl (C=O) groups excluding carboxylic acids is 3. The molecule has 0 unspecified atom stereocenters. The molecule has 4 rings (SSSR count). The van der Waals surface area contributed by atoms with E-state index in [2.05, 4.69) is 25.4 Å². The highest BCUT2D eigenvalue weighted by Crippen LogP contribution is 2.23. The molecule has 2 aromatic rings. The lowest BCUT2D eigenvalue weighted by atomic mass is 9.94. The Bertz CT molecular complexity index is 945. The van der Waals surface area contributed by atoms with Crippen LogP contribution in [0.1, 0.15) is 23.3 Å². The summed E-state index contributed by atoms with van der Waals surface area (Å²) in [4.78, 5) is 47.1. The van der Waals surface area contributed by atoms with Gasteiger partial charge >= 0.3 is 0 Å². The molecule has 170 valence electrons. The summed E-state index contributed by atoms with van der Waals surface area (Å²) < 4.78 is 0. The predicted molar refractivity (Wildman–Crippen MR) is 118 cm³/mol. The number of aromatic amines is 1. The second kappa shape index (κ2) is 9.90. The summed E-state index contributed by atoms with van der Waals surface area (Å²) in [5, 5.41) is 9.73. The van der Waals surface area contributed by atoms with E-state index in [0.717, 1.165) is 11.3 Å². The van der Waals surface area contributed by atoms with Crippen LogP contribution in [-0.2, 0) is 9.59 Å². The molecule has 2 N–H and O–H groups in total. The van der Waals surface area contributed by atoms with Gasteiger partial charge in [0.25, 0.3) is 5.91 Å². The minimum absolute atomic E-state index is 0.00775. The van der Waals surface area contributed by atoms with Gasteiger partial charge in [-0.3, -0.25) is 29.4 Å². The van der Waals surface area contributed by atoms with Gasteiger partial charge < -0.3 is 15.1 Å². The molecule has 0 spiro atoms. The van der Waals surface area contributed by atoms with Crippen LogP contribution in [0.15, 0.2) is 30.6 Å². The fourth-order valence-electron chi connectivity index (χ4n) is 4.27. The number of likely N-dealkylation sites (N-methyl/N-ethyl adjacent to an activating group) is 1. The van der Waals surface area contributed by atoms with Crippen LogP contribution in [-0.4, -0.2) is 100 Å². The van der Waals surface area contributed by atoms with Crippen molar-refractivity contribution in [2.24, 2.45) is 5.92 Å². The number of hydrogen-bond acceptors (Lipinski definition) is 6. The number of H-pyrrole nitrogens is 1. The van der Waals surface area contributed by atoms with E-state index in [1.54, 1.807) is 30.4 Å². The Labute approximate surface area is 187 Å². The zero-order valence-corrected chi connectivity index (χ0v) is 18.3. The molecule has 2 aliphatic rings. The summed E-state index contributed by atoms with van der Waals surface area (Å²) in [5.41, 5.74) is 2.08. The number of aromatic nitrogens is 3. The molecule has 2 saturated heterocycles. The summed E-state index contributed by atoms with van der Waals surface area (Å²) in [6.07, 6.45) is 4.71. The van der Waals surface area contributed by atoms with Crippen molar-refractivity contribution in [3.63, 3.8) is 0 Å². The molecule has 2 aromatic heterocycles. The molecule has 4 heterocycles. The van der Waals surface area contributed by atoms with Crippen LogP contribution in [0.3, 0.4) is 0 Å². The Morgan fingerprint density at radius 1 is 1.03 bits per heavy atom. The van der Waals surface area contributed by atoms with E-state index >= 15 is 0 Å². The van der Waals surface area contributed by atoms with E-state index in [0.29, 0.717) is 64.3 Å². The van der Waals surface area contributed by atoms with Gasteiger partial charge in [0.2, 0.25) is 11.8 Å². The van der Waals surface area contributed by atoms with Crippen molar-refractivity contribution in [3.8, 4) is 11.3 Å². The molecule has 10 nitrogen and oxygen atoms in total. The molecule has 0 atom stereocenters. The van der Waals surface area contributed by atoms with Crippen molar-refractivity contribution in [2.45, 2.75) is 12.8 Å². The Morgan fingerprint density at radius 2 is 1.72 bits per heavy atom. The monoisotopic (exact) mass is 439 g/mol. The second-order valence-corrected chi connectivity index (χ2v) is 8.24. The quantitative estimate of drug-likeness (QED) is 0.689. The number of nitrogens with one attached hydrogen (secondary N) is 2. The first-order valence-corrected chi connectivity index (χ1v) is 11.0. The molecule has 0 saturated carbocycles. The Morgan fingerprint density at radius 3 is 2.38 bits per heavy atom. The van der Waals surface area contributed by atoms with Crippen molar-refractivity contribution in [2.75, 3.05) is 52.9 Å². The highest BCUT2D eigenvalue weighted by atomic mass is 16.2. The number of piperazine rings is 1. The van der Waals surface area contributed by atoms with Gasteiger partial charge in [0.1, 0.15) is 0 Å². The molecule has 0 radical (unpaired) electrons. The van der Waals surface area contributed by atoms with Crippen molar-refractivity contribution in [1.82, 2.24) is 35.2 Å². The number of hydrogen-bond donors (Lipinski definition) is 2. The number of pyridine rings is 1. The zero-order valence-electron chi connectivity index (χ0n) is 18.3. The molecular weight excluding hydrogens is 410 g/mol. The molecule has 32 heavy (non-hydrogen) atoms. The van der Waals surface area contributed by atoms with Gasteiger partial charge in [0.15, 0.2) is 5.69 Å². The fraction of sp³-hybridized carbons (Fsp3) is 0.500. The topological polar surface area (TPSA) is 115 Å². The van der Waals surface area contributed by atoms with Gasteiger partial charge in [-0.05, 0) is 31.0 Å². The molecule has 0 aliphatic carbocycles. The minimum Gasteiger partial charge on any atom is -0.358 e. The number of amides is 3. The number of nitrogens with zero attached hydrogens (tertiary/aromatic N) is 5. The maximum Gasteiger partial charge on any atom is 0.274 e. The van der Waals surface area contributed by atoms with Crippen LogP contribution in [0, 0.1) is 5.92 Å². The third-order valence-corrected chi connectivity index (χ3v) is 6.25. The van der Waals surface area contributed by atoms with Crippen LogP contribution in [0.2, 0.25) is 0 Å². The Kier molecular flexibility index (Phi) is 6.79. The van der Waals surface area contributed by atoms with Crippen LogP contribution in [0.5, 0.6) is 0 Å². The normalized spacial score (nSPS) is 17.9. The van der Waals surface area contributed by atoms with E-state index in [4.69, 9.17) is 0 Å². The molecule has 3 amide bonds. The Balaban J connectivity index is 1.26. The lowest BCUT2D eigenvalue weighted by Crippen LogP contribution is -2.53. The van der Waals surface area contributed by atoms with Gasteiger partial charge in [0.05, 0.1) is 12.2 Å². The number of carbonyl (C=O) groups is 3. The van der Waals surface area contributed by atoms with Crippen LogP contribution in [0.25, 0.3) is 11.3 Å². The standard InChI is InChI=1S/C22H29N7O3/c1-23-20(30)15-27-10-12-29(13-11-27)21(31)17-4-8-28(9-5-17)22(32)19-14-18(25-26-19)16-2-6-24-7-3-16/h2-3,6-7,14,17H,4-5,8-13,15H2,1H3,(H,23,30)(H,25,26). The summed E-state index contributed by atoms with van der Waals surface area (Å²) in [6.45, 7) is 4.15. The smallest absolute Gasteiger partial charge is 0.274 e. The van der Waals surface area contributed by atoms with Gasteiger partial charge in [-0.2, -0.15) is 5.10 Å².